The summed E-state index contributed by atoms with van der Waals surface area (Å²) in [6, 6.07) is 13.1. The number of ether oxygens (including phenoxy) is 1. The van der Waals surface area contributed by atoms with Crippen LogP contribution in [-0.2, 0) is 12.3 Å². The molecule has 0 atom stereocenters. The number of aromatic nitrogens is 2. The Balaban J connectivity index is 1.65. The Bertz CT molecular complexity index is 969. The number of thioether (sulfide) groups is 1. The van der Waals surface area contributed by atoms with Gasteiger partial charge in [0, 0.05) is 31.6 Å². The minimum atomic E-state index is -0.0797. The number of hydrogen-bond acceptors (Lipinski definition) is 6. The lowest BCUT2D eigenvalue weighted by Gasteiger charge is -2.19. The van der Waals surface area contributed by atoms with Crippen LogP contribution >= 0.6 is 11.8 Å². The van der Waals surface area contributed by atoms with Crippen molar-refractivity contribution in [3.05, 3.63) is 83.9 Å². The van der Waals surface area contributed by atoms with E-state index in [-0.39, 0.29) is 5.91 Å². The zero-order valence-corrected chi connectivity index (χ0v) is 17.3. The van der Waals surface area contributed by atoms with E-state index in [9.17, 15) is 4.79 Å². The zero-order valence-electron chi connectivity index (χ0n) is 16.5. The molecular formula is C22H23N3O3S. The third-order valence-electron chi connectivity index (χ3n) is 4.09. The number of hydrogen-bond donors (Lipinski definition) is 0. The second kappa shape index (κ2) is 9.93. The van der Waals surface area contributed by atoms with Gasteiger partial charge in [-0.25, -0.2) is 4.98 Å². The Morgan fingerprint density at radius 2 is 2.10 bits per heavy atom. The Morgan fingerprint density at radius 1 is 1.31 bits per heavy atom. The van der Waals surface area contributed by atoms with Crippen LogP contribution in [0.25, 0.3) is 0 Å². The highest BCUT2D eigenvalue weighted by molar-refractivity contribution is 7.98. The quantitative estimate of drug-likeness (QED) is 0.383. The highest BCUT2D eigenvalue weighted by atomic mass is 32.2. The van der Waals surface area contributed by atoms with Gasteiger partial charge in [0.1, 0.15) is 23.1 Å². The van der Waals surface area contributed by atoms with Crippen molar-refractivity contribution in [3.63, 3.8) is 0 Å². The Labute approximate surface area is 174 Å². The first-order valence-electron chi connectivity index (χ1n) is 9.15. The molecule has 0 spiro atoms. The molecule has 6 nitrogen and oxygen atoms in total. The van der Waals surface area contributed by atoms with Gasteiger partial charge in [0.25, 0.3) is 5.91 Å². The van der Waals surface area contributed by atoms with Crippen LogP contribution in [0, 0.1) is 6.92 Å². The fourth-order valence-corrected chi connectivity index (χ4v) is 3.56. The van der Waals surface area contributed by atoms with Crippen molar-refractivity contribution >= 4 is 17.7 Å². The second-order valence-corrected chi connectivity index (χ2v) is 7.44. The third kappa shape index (κ3) is 5.71. The van der Waals surface area contributed by atoms with Crippen LogP contribution < -0.4 is 4.74 Å². The Morgan fingerprint density at radius 3 is 2.79 bits per heavy atom. The van der Waals surface area contributed by atoms with Crippen molar-refractivity contribution in [2.45, 2.75) is 24.2 Å². The first kappa shape index (κ1) is 20.7. The smallest absolute Gasteiger partial charge is 0.256 e. The molecule has 0 fully saturated rings. The molecule has 0 aliphatic carbocycles. The van der Waals surface area contributed by atoms with Gasteiger partial charge in [0.15, 0.2) is 0 Å². The molecule has 3 aromatic rings. The van der Waals surface area contributed by atoms with Crippen LogP contribution in [0.1, 0.15) is 27.4 Å². The summed E-state index contributed by atoms with van der Waals surface area (Å²) in [5.74, 6) is 2.05. The summed E-state index contributed by atoms with van der Waals surface area (Å²) in [5.41, 5.74) is 2.41. The predicted molar refractivity (Wildman–Crippen MR) is 113 cm³/mol. The number of pyridine rings is 1. The van der Waals surface area contributed by atoms with Gasteiger partial charge in [-0.1, -0.05) is 41.7 Å². The molecule has 0 saturated heterocycles. The molecule has 0 unspecified atom stereocenters. The maximum absolute atomic E-state index is 13.0. The number of nitrogens with zero attached hydrogens (tertiary/aromatic N) is 3. The van der Waals surface area contributed by atoms with Gasteiger partial charge in [-0.3, -0.25) is 4.79 Å². The number of carbonyl (C=O) groups excluding carboxylic acids is 1. The van der Waals surface area contributed by atoms with Crippen LogP contribution in [0.4, 0.5) is 0 Å². The summed E-state index contributed by atoms with van der Waals surface area (Å²) in [5, 5.41) is 4.67. The topological polar surface area (TPSA) is 68.5 Å². The molecule has 3 rings (SSSR count). The Kier molecular flexibility index (Phi) is 7.08. The van der Waals surface area contributed by atoms with E-state index in [2.05, 4.69) is 16.7 Å². The lowest BCUT2D eigenvalue weighted by Crippen LogP contribution is -2.26. The average Bonchev–Trinajstić information content (AvgIpc) is 3.16. The molecule has 0 aliphatic rings. The van der Waals surface area contributed by atoms with E-state index in [4.69, 9.17) is 9.26 Å². The van der Waals surface area contributed by atoms with E-state index in [0.717, 1.165) is 22.8 Å². The van der Waals surface area contributed by atoms with Gasteiger partial charge < -0.3 is 14.2 Å². The molecule has 0 aliphatic heterocycles. The second-order valence-electron chi connectivity index (χ2n) is 6.48. The van der Waals surface area contributed by atoms with Gasteiger partial charge in [0.05, 0.1) is 11.3 Å². The van der Waals surface area contributed by atoms with Crippen molar-refractivity contribution in [2.24, 2.45) is 0 Å². The SMILES string of the molecule is C=CCOc1ccc(CN(C)C(=O)c2cccnc2SCc2cc(C)on2)cc1. The standard InChI is InChI=1S/C22H23N3O3S/c1-4-12-27-19-9-7-17(8-10-19)14-25(3)22(26)20-6-5-11-23-21(20)29-15-18-13-16(2)28-24-18/h4-11,13H,1,12,14-15H2,2-3H3. The van der Waals surface area contributed by atoms with Crippen LogP contribution in [0.5, 0.6) is 5.75 Å². The van der Waals surface area contributed by atoms with Crippen LogP contribution in [-0.4, -0.2) is 34.6 Å². The van der Waals surface area contributed by atoms with Crippen LogP contribution in [0.2, 0.25) is 0 Å². The highest BCUT2D eigenvalue weighted by Gasteiger charge is 2.18. The largest absolute Gasteiger partial charge is 0.490 e. The van der Waals surface area contributed by atoms with Crippen molar-refractivity contribution in [2.75, 3.05) is 13.7 Å². The third-order valence-corrected chi connectivity index (χ3v) is 5.13. The minimum Gasteiger partial charge on any atom is -0.490 e. The molecule has 0 bridgehead atoms. The lowest BCUT2D eigenvalue weighted by atomic mass is 10.2. The summed E-state index contributed by atoms with van der Waals surface area (Å²) < 4.78 is 10.6. The van der Waals surface area contributed by atoms with Crippen molar-refractivity contribution in [1.82, 2.24) is 15.0 Å². The predicted octanol–water partition coefficient (Wildman–Crippen LogP) is 4.51. The van der Waals surface area contributed by atoms with E-state index >= 15 is 0 Å². The summed E-state index contributed by atoms with van der Waals surface area (Å²) in [6.07, 6.45) is 3.39. The van der Waals surface area contributed by atoms with E-state index in [1.165, 1.54) is 11.8 Å². The maximum Gasteiger partial charge on any atom is 0.256 e. The van der Waals surface area contributed by atoms with Gasteiger partial charge >= 0.3 is 0 Å². The number of rotatable bonds is 9. The summed E-state index contributed by atoms with van der Waals surface area (Å²) in [4.78, 5) is 19.1. The van der Waals surface area contributed by atoms with E-state index in [0.29, 0.717) is 29.5 Å². The first-order valence-corrected chi connectivity index (χ1v) is 10.1. The maximum atomic E-state index is 13.0. The molecule has 1 aromatic carbocycles. The molecule has 150 valence electrons. The molecule has 1 amide bonds. The number of carbonyl (C=O) groups is 1. The number of aryl methyl sites for hydroxylation is 1. The molecule has 2 aromatic heterocycles. The highest BCUT2D eigenvalue weighted by Crippen LogP contribution is 2.25. The van der Waals surface area contributed by atoms with E-state index < -0.39 is 0 Å². The van der Waals surface area contributed by atoms with Crippen molar-refractivity contribution in [3.8, 4) is 5.75 Å². The zero-order chi connectivity index (χ0) is 20.6. The van der Waals surface area contributed by atoms with Gasteiger partial charge in [-0.15, -0.1) is 0 Å². The number of benzene rings is 1. The normalized spacial score (nSPS) is 10.6. The molecule has 0 N–H and O–H groups in total. The van der Waals surface area contributed by atoms with Crippen LogP contribution in [0.3, 0.4) is 0 Å². The fraction of sp³-hybridized carbons (Fsp3) is 0.227. The molecule has 0 saturated carbocycles. The number of amides is 1. The van der Waals surface area contributed by atoms with Crippen molar-refractivity contribution < 1.29 is 14.1 Å². The summed E-state index contributed by atoms with van der Waals surface area (Å²) in [6.45, 7) is 6.44. The summed E-state index contributed by atoms with van der Waals surface area (Å²) >= 11 is 1.47. The Hall–Kier alpha value is -3.06. The van der Waals surface area contributed by atoms with Crippen molar-refractivity contribution in [1.29, 1.82) is 0 Å². The van der Waals surface area contributed by atoms with Gasteiger partial charge in [-0.05, 0) is 36.8 Å². The van der Waals surface area contributed by atoms with Gasteiger partial charge in [-0.2, -0.15) is 0 Å². The lowest BCUT2D eigenvalue weighted by molar-refractivity contribution is 0.0781. The van der Waals surface area contributed by atoms with Gasteiger partial charge in [0.2, 0.25) is 0 Å². The van der Waals surface area contributed by atoms with Crippen LogP contribution in [0.15, 0.2) is 70.9 Å². The monoisotopic (exact) mass is 409 g/mol. The minimum absolute atomic E-state index is 0.0797. The molecule has 29 heavy (non-hydrogen) atoms. The fourth-order valence-electron chi connectivity index (χ4n) is 2.69. The molecule has 7 heteroatoms. The molecule has 2 heterocycles. The van der Waals surface area contributed by atoms with E-state index in [1.54, 1.807) is 36.4 Å². The first-order chi connectivity index (χ1) is 14.1. The average molecular weight is 410 g/mol. The summed E-state index contributed by atoms with van der Waals surface area (Å²) in [7, 11) is 1.78. The molecular weight excluding hydrogens is 386 g/mol. The molecule has 0 radical (unpaired) electrons. The van der Waals surface area contributed by atoms with E-state index in [1.807, 2.05) is 37.3 Å².